The van der Waals surface area contributed by atoms with Crippen LogP contribution in [0.5, 0.6) is 0 Å². The molecule has 160 valence electrons. The molecule has 0 aliphatic heterocycles. The Kier molecular flexibility index (Phi) is 4.61. The highest BCUT2D eigenvalue weighted by molar-refractivity contribution is 5.09. The maximum atomic E-state index is 6.58. The van der Waals surface area contributed by atoms with Crippen molar-refractivity contribution in [1.29, 1.82) is 0 Å². The van der Waals surface area contributed by atoms with E-state index in [4.69, 9.17) is 4.74 Å². The van der Waals surface area contributed by atoms with E-state index < -0.39 is 0 Å². The molecular formula is C28H42O. The monoisotopic (exact) mass is 394 g/mol. The van der Waals surface area contributed by atoms with Crippen molar-refractivity contribution >= 4 is 0 Å². The fourth-order valence-electron chi connectivity index (χ4n) is 10.6. The Morgan fingerprint density at radius 1 is 0.586 bits per heavy atom. The molecule has 8 saturated carbocycles. The summed E-state index contributed by atoms with van der Waals surface area (Å²) in [6, 6.07) is 0. The Morgan fingerprint density at radius 3 is 1.10 bits per heavy atom. The van der Waals surface area contributed by atoms with Gasteiger partial charge in [0.15, 0.2) is 0 Å². The molecule has 0 aromatic rings. The fourth-order valence-corrected chi connectivity index (χ4v) is 10.6. The maximum Gasteiger partial charge on any atom is 0.0534 e. The molecule has 29 heavy (non-hydrogen) atoms. The van der Waals surface area contributed by atoms with Gasteiger partial charge in [-0.25, -0.2) is 0 Å². The molecule has 2 atom stereocenters. The van der Waals surface area contributed by atoms with Crippen LogP contribution < -0.4 is 0 Å². The minimum absolute atomic E-state index is 0.529. The lowest BCUT2D eigenvalue weighted by molar-refractivity contribution is -0.110. The number of rotatable bonds is 8. The molecule has 1 heteroatoms. The second-order valence-electron chi connectivity index (χ2n) is 12.8. The predicted molar refractivity (Wildman–Crippen MR) is 119 cm³/mol. The number of hydrogen-bond donors (Lipinski definition) is 0. The quantitative estimate of drug-likeness (QED) is 0.401. The van der Waals surface area contributed by atoms with Gasteiger partial charge in [-0.15, -0.1) is 13.2 Å². The molecule has 0 heterocycles. The Morgan fingerprint density at radius 2 is 0.862 bits per heavy atom. The third-order valence-corrected chi connectivity index (χ3v) is 10.9. The van der Waals surface area contributed by atoms with E-state index >= 15 is 0 Å². The van der Waals surface area contributed by atoms with Crippen molar-refractivity contribution in [2.45, 2.75) is 77.0 Å². The van der Waals surface area contributed by atoms with Crippen LogP contribution in [-0.2, 0) is 4.74 Å². The SMILES string of the molecule is C=CC(COCC(C=C)C12CC3CC(CC(C3)C1)C2)C12CC3CC(CC(C3)C1)C2. The lowest BCUT2D eigenvalue weighted by atomic mass is 9.46. The topological polar surface area (TPSA) is 9.23 Å². The van der Waals surface area contributed by atoms with Gasteiger partial charge in [0.1, 0.15) is 0 Å². The zero-order valence-corrected chi connectivity index (χ0v) is 18.5. The van der Waals surface area contributed by atoms with E-state index in [9.17, 15) is 0 Å². The standard InChI is InChI=1S/C28H42O/c1-3-25(27-11-19-5-20(12-27)7-21(6-19)13-27)17-29-18-26(4-2)28-14-22-8-23(15-28)10-24(9-22)16-28/h3-4,19-26H,1-2,5-18H2. The average molecular weight is 395 g/mol. The van der Waals surface area contributed by atoms with Gasteiger partial charge in [0.25, 0.3) is 0 Å². The van der Waals surface area contributed by atoms with Crippen molar-refractivity contribution in [3.05, 3.63) is 25.3 Å². The van der Waals surface area contributed by atoms with Crippen LogP contribution in [0, 0.1) is 58.2 Å². The summed E-state index contributed by atoms with van der Waals surface area (Å²) in [5.41, 5.74) is 1.06. The first-order valence-electron chi connectivity index (χ1n) is 12.9. The van der Waals surface area contributed by atoms with Crippen LogP contribution in [0.25, 0.3) is 0 Å². The number of ether oxygens (including phenoxy) is 1. The van der Waals surface area contributed by atoms with Gasteiger partial charge in [0, 0.05) is 11.8 Å². The minimum Gasteiger partial charge on any atom is -0.380 e. The van der Waals surface area contributed by atoms with Crippen LogP contribution in [0.2, 0.25) is 0 Å². The molecule has 8 fully saturated rings. The first kappa shape index (κ1) is 19.1. The molecular weight excluding hydrogens is 352 g/mol. The average Bonchev–Trinajstić information content (AvgIpc) is 2.65. The van der Waals surface area contributed by atoms with Gasteiger partial charge in [0.05, 0.1) is 13.2 Å². The third-order valence-electron chi connectivity index (χ3n) is 10.9. The highest BCUT2D eigenvalue weighted by Gasteiger charge is 2.55. The van der Waals surface area contributed by atoms with E-state index in [2.05, 4.69) is 25.3 Å². The summed E-state index contributed by atoms with van der Waals surface area (Å²) < 4.78 is 6.58. The van der Waals surface area contributed by atoms with Gasteiger partial charge in [-0.2, -0.15) is 0 Å². The molecule has 8 aliphatic carbocycles. The van der Waals surface area contributed by atoms with Crippen LogP contribution in [0.4, 0.5) is 0 Å². The maximum absolute atomic E-state index is 6.58. The van der Waals surface area contributed by atoms with Crippen LogP contribution in [-0.4, -0.2) is 13.2 Å². The Bertz CT molecular complexity index is 533. The molecule has 1 nitrogen and oxygen atoms in total. The Hall–Kier alpha value is -0.560. The van der Waals surface area contributed by atoms with Crippen molar-refractivity contribution < 1.29 is 4.74 Å². The summed E-state index contributed by atoms with van der Waals surface area (Å²) in [5, 5.41) is 0. The van der Waals surface area contributed by atoms with Gasteiger partial charge in [-0.1, -0.05) is 12.2 Å². The minimum atomic E-state index is 0.529. The van der Waals surface area contributed by atoms with E-state index in [0.29, 0.717) is 22.7 Å². The normalized spacial score (nSPS) is 51.2. The van der Waals surface area contributed by atoms with Crippen molar-refractivity contribution in [3.8, 4) is 0 Å². The first-order valence-corrected chi connectivity index (χ1v) is 12.9. The van der Waals surface area contributed by atoms with Crippen molar-refractivity contribution in [2.75, 3.05) is 13.2 Å². The van der Waals surface area contributed by atoms with E-state index in [1.54, 1.807) is 0 Å². The molecule has 8 rings (SSSR count). The van der Waals surface area contributed by atoms with Crippen LogP contribution in [0.15, 0.2) is 25.3 Å². The summed E-state index contributed by atoms with van der Waals surface area (Å²) in [7, 11) is 0. The lowest BCUT2D eigenvalue weighted by Crippen LogP contribution is -2.51. The van der Waals surface area contributed by atoms with Gasteiger partial charge in [0.2, 0.25) is 0 Å². The van der Waals surface area contributed by atoms with Gasteiger partial charge >= 0.3 is 0 Å². The third kappa shape index (κ3) is 3.12. The van der Waals surface area contributed by atoms with Crippen LogP contribution in [0.1, 0.15) is 77.0 Å². The van der Waals surface area contributed by atoms with Gasteiger partial charge in [-0.3, -0.25) is 0 Å². The predicted octanol–water partition coefficient (Wildman–Crippen LogP) is 7.04. The molecule has 0 saturated heterocycles. The number of hydrogen-bond acceptors (Lipinski definition) is 1. The summed E-state index contributed by atoms with van der Waals surface area (Å²) in [6.45, 7) is 10.4. The second kappa shape index (κ2) is 6.98. The zero-order valence-electron chi connectivity index (χ0n) is 18.5. The lowest BCUT2D eigenvalue weighted by Gasteiger charge is -2.59. The Balaban J connectivity index is 1.11. The molecule has 8 aliphatic rings. The molecule has 0 aromatic carbocycles. The van der Waals surface area contributed by atoms with E-state index in [-0.39, 0.29) is 0 Å². The zero-order chi connectivity index (χ0) is 19.6. The second-order valence-corrected chi connectivity index (χ2v) is 12.8. The van der Waals surface area contributed by atoms with Crippen molar-refractivity contribution in [1.82, 2.24) is 0 Å². The van der Waals surface area contributed by atoms with Gasteiger partial charge in [-0.05, 0) is 123 Å². The molecule has 2 unspecified atom stereocenters. The van der Waals surface area contributed by atoms with E-state index in [1.165, 1.54) is 77.0 Å². The highest BCUT2D eigenvalue weighted by atomic mass is 16.5. The largest absolute Gasteiger partial charge is 0.380 e. The van der Waals surface area contributed by atoms with Crippen molar-refractivity contribution in [2.24, 2.45) is 58.2 Å². The first-order chi connectivity index (χ1) is 14.1. The van der Waals surface area contributed by atoms with Crippen molar-refractivity contribution in [3.63, 3.8) is 0 Å². The Labute approximate surface area is 178 Å². The fraction of sp³-hybridized carbons (Fsp3) is 0.857. The van der Waals surface area contributed by atoms with E-state index in [0.717, 1.165) is 48.7 Å². The molecule has 0 spiro atoms. The molecule has 0 radical (unpaired) electrons. The van der Waals surface area contributed by atoms with Gasteiger partial charge < -0.3 is 4.74 Å². The van der Waals surface area contributed by atoms with Crippen LogP contribution >= 0.6 is 0 Å². The van der Waals surface area contributed by atoms with E-state index in [1.807, 2.05) is 0 Å². The summed E-state index contributed by atoms with van der Waals surface area (Å²) in [5.74, 6) is 7.20. The summed E-state index contributed by atoms with van der Waals surface area (Å²) in [4.78, 5) is 0. The van der Waals surface area contributed by atoms with Crippen LogP contribution in [0.3, 0.4) is 0 Å². The highest BCUT2D eigenvalue weighted by Crippen LogP contribution is 2.64. The molecule has 0 N–H and O–H groups in total. The molecule has 0 aromatic heterocycles. The molecule has 8 bridgehead atoms. The smallest absolute Gasteiger partial charge is 0.0534 e. The summed E-state index contributed by atoms with van der Waals surface area (Å²) >= 11 is 0. The summed E-state index contributed by atoms with van der Waals surface area (Å²) in [6.07, 6.45) is 22.4. The molecule has 0 amide bonds.